The van der Waals surface area contributed by atoms with Gasteiger partial charge < -0.3 is 14.8 Å². The first-order valence-electron chi connectivity index (χ1n) is 10.1. The van der Waals surface area contributed by atoms with Crippen molar-refractivity contribution in [2.45, 2.75) is 47.0 Å². The van der Waals surface area contributed by atoms with Crippen molar-refractivity contribution in [1.82, 2.24) is 9.47 Å². The number of barbiturate groups is 1. The summed E-state index contributed by atoms with van der Waals surface area (Å²) in [4.78, 5) is 41.1. The second kappa shape index (κ2) is 8.49. The van der Waals surface area contributed by atoms with Crippen LogP contribution in [-0.2, 0) is 9.59 Å². The Kier molecular flexibility index (Phi) is 6.15. The summed E-state index contributed by atoms with van der Waals surface area (Å²) in [6.45, 7) is 9.77. The molecule has 1 fully saturated rings. The van der Waals surface area contributed by atoms with Crippen molar-refractivity contribution in [3.05, 3.63) is 58.4 Å². The number of carbonyl (C=O) groups is 3. The van der Waals surface area contributed by atoms with Crippen LogP contribution in [0.1, 0.15) is 55.6 Å². The van der Waals surface area contributed by atoms with Gasteiger partial charge in [-0.15, -0.1) is 0 Å². The first-order chi connectivity index (χ1) is 14.6. The lowest BCUT2D eigenvalue weighted by Gasteiger charge is -2.33. The average molecular weight is 425 g/mol. The zero-order valence-corrected chi connectivity index (χ0v) is 18.3. The standard InChI is InChI=1S/C23H27N3O5/c1-6-24-20(27)19(12-17-11-14(4)25(13(2)3)15(17)5)21(28)26(23(24)31)18-9-7-16(8-10-18)22(29)30/h7-13,22,29-30H,6H2,1-5H3. The van der Waals surface area contributed by atoms with E-state index in [2.05, 4.69) is 18.4 Å². The van der Waals surface area contributed by atoms with Crippen LogP contribution in [0.15, 0.2) is 35.9 Å². The van der Waals surface area contributed by atoms with E-state index in [1.165, 1.54) is 24.3 Å². The highest BCUT2D eigenvalue weighted by Crippen LogP contribution is 2.29. The van der Waals surface area contributed by atoms with Gasteiger partial charge in [-0.25, -0.2) is 9.69 Å². The van der Waals surface area contributed by atoms with E-state index >= 15 is 0 Å². The van der Waals surface area contributed by atoms with E-state index in [0.29, 0.717) is 0 Å². The van der Waals surface area contributed by atoms with Crippen molar-refractivity contribution in [2.24, 2.45) is 0 Å². The van der Waals surface area contributed by atoms with E-state index in [9.17, 15) is 24.6 Å². The molecule has 31 heavy (non-hydrogen) atoms. The summed E-state index contributed by atoms with van der Waals surface area (Å²) in [5.74, 6) is -1.35. The number of aliphatic hydroxyl groups is 2. The van der Waals surface area contributed by atoms with Gasteiger partial charge in [0, 0.05) is 29.5 Å². The van der Waals surface area contributed by atoms with Crippen LogP contribution >= 0.6 is 0 Å². The lowest BCUT2D eigenvalue weighted by molar-refractivity contribution is -0.128. The summed E-state index contributed by atoms with van der Waals surface area (Å²) in [7, 11) is 0. The number of aryl methyl sites for hydroxylation is 1. The van der Waals surface area contributed by atoms with Crippen LogP contribution in [0.5, 0.6) is 0 Å². The molecule has 4 amide bonds. The molecule has 0 unspecified atom stereocenters. The normalized spacial score (nSPS) is 16.4. The molecule has 0 radical (unpaired) electrons. The van der Waals surface area contributed by atoms with Crippen LogP contribution in [0.4, 0.5) is 10.5 Å². The molecule has 2 heterocycles. The molecule has 0 atom stereocenters. The fourth-order valence-electron chi connectivity index (χ4n) is 3.98. The fraction of sp³-hybridized carbons (Fsp3) is 0.348. The van der Waals surface area contributed by atoms with Crippen molar-refractivity contribution in [1.29, 1.82) is 0 Å². The van der Waals surface area contributed by atoms with Gasteiger partial charge in [0.1, 0.15) is 5.57 Å². The molecule has 2 aromatic rings. The lowest BCUT2D eigenvalue weighted by Crippen LogP contribution is -2.56. The van der Waals surface area contributed by atoms with E-state index in [-0.39, 0.29) is 29.4 Å². The van der Waals surface area contributed by atoms with Crippen LogP contribution in [0.3, 0.4) is 0 Å². The zero-order chi connectivity index (χ0) is 23.0. The molecule has 2 N–H and O–H groups in total. The predicted molar refractivity (Wildman–Crippen MR) is 116 cm³/mol. The number of aliphatic hydroxyl groups excluding tert-OH is 1. The van der Waals surface area contributed by atoms with E-state index in [1.54, 1.807) is 13.0 Å². The van der Waals surface area contributed by atoms with Crippen LogP contribution in [0.25, 0.3) is 6.08 Å². The maximum absolute atomic E-state index is 13.3. The van der Waals surface area contributed by atoms with E-state index < -0.39 is 24.1 Å². The number of benzene rings is 1. The quantitative estimate of drug-likeness (QED) is 0.435. The Balaban J connectivity index is 2.10. The highest BCUT2D eigenvalue weighted by molar-refractivity contribution is 6.39. The maximum Gasteiger partial charge on any atom is 0.338 e. The molecular formula is C23H27N3O5. The molecule has 1 aliphatic heterocycles. The Morgan fingerprint density at radius 2 is 1.61 bits per heavy atom. The van der Waals surface area contributed by atoms with Crippen LogP contribution in [0, 0.1) is 13.8 Å². The number of nitrogens with zero attached hydrogens (tertiary/aromatic N) is 3. The van der Waals surface area contributed by atoms with Crippen LogP contribution in [0.2, 0.25) is 0 Å². The van der Waals surface area contributed by atoms with E-state index in [4.69, 9.17) is 0 Å². The average Bonchev–Trinajstić information content (AvgIpc) is 2.99. The third-order valence-corrected chi connectivity index (χ3v) is 5.44. The smallest absolute Gasteiger partial charge is 0.338 e. The molecule has 0 spiro atoms. The molecule has 0 aliphatic carbocycles. The minimum absolute atomic E-state index is 0.100. The Bertz CT molecular complexity index is 1060. The van der Waals surface area contributed by atoms with Gasteiger partial charge in [-0.3, -0.25) is 14.5 Å². The van der Waals surface area contributed by atoms with Gasteiger partial charge in [0.2, 0.25) is 0 Å². The molecule has 0 bridgehead atoms. The maximum atomic E-state index is 13.3. The highest BCUT2D eigenvalue weighted by atomic mass is 16.5. The summed E-state index contributed by atoms with van der Waals surface area (Å²) < 4.78 is 2.11. The SMILES string of the molecule is CCN1C(=O)C(=Cc2cc(C)n(C(C)C)c2C)C(=O)N(c2ccc(C(O)O)cc2)C1=O. The lowest BCUT2D eigenvalue weighted by atomic mass is 10.1. The van der Waals surface area contributed by atoms with Crippen LogP contribution in [-0.4, -0.2) is 44.1 Å². The monoisotopic (exact) mass is 425 g/mol. The molecule has 1 saturated heterocycles. The summed E-state index contributed by atoms with van der Waals surface area (Å²) >= 11 is 0. The Hall–Kier alpha value is -3.23. The summed E-state index contributed by atoms with van der Waals surface area (Å²) in [5, 5.41) is 18.6. The molecular weight excluding hydrogens is 398 g/mol. The number of hydrogen-bond acceptors (Lipinski definition) is 5. The number of rotatable bonds is 5. The van der Waals surface area contributed by atoms with Crippen LogP contribution < -0.4 is 4.90 Å². The van der Waals surface area contributed by atoms with Crippen molar-refractivity contribution in [2.75, 3.05) is 11.4 Å². The number of imide groups is 2. The van der Waals surface area contributed by atoms with Gasteiger partial charge in [0.05, 0.1) is 5.69 Å². The number of amides is 4. The van der Waals surface area contributed by atoms with Gasteiger partial charge in [-0.2, -0.15) is 0 Å². The topological polar surface area (TPSA) is 103 Å². The number of hydrogen-bond donors (Lipinski definition) is 2. The largest absolute Gasteiger partial charge is 0.364 e. The molecule has 8 heteroatoms. The minimum atomic E-state index is -1.66. The van der Waals surface area contributed by atoms with Gasteiger partial charge in [-0.05, 0) is 64.5 Å². The fourth-order valence-corrected chi connectivity index (χ4v) is 3.98. The van der Waals surface area contributed by atoms with Gasteiger partial charge in [-0.1, -0.05) is 12.1 Å². The van der Waals surface area contributed by atoms with Gasteiger partial charge >= 0.3 is 6.03 Å². The molecule has 3 rings (SSSR count). The van der Waals surface area contributed by atoms with E-state index in [0.717, 1.165) is 26.8 Å². The number of anilines is 1. The zero-order valence-electron chi connectivity index (χ0n) is 18.3. The summed E-state index contributed by atoms with van der Waals surface area (Å²) in [6.07, 6.45) is -0.123. The van der Waals surface area contributed by atoms with Crippen molar-refractivity contribution in [3.63, 3.8) is 0 Å². The molecule has 0 saturated carbocycles. The van der Waals surface area contributed by atoms with Gasteiger partial charge in [0.25, 0.3) is 11.8 Å². The third kappa shape index (κ3) is 3.92. The minimum Gasteiger partial charge on any atom is -0.364 e. The van der Waals surface area contributed by atoms with Crippen molar-refractivity contribution < 1.29 is 24.6 Å². The second-order valence-electron chi connectivity index (χ2n) is 7.79. The molecule has 1 aliphatic rings. The number of urea groups is 1. The predicted octanol–water partition coefficient (Wildman–Crippen LogP) is 3.07. The first-order valence-corrected chi connectivity index (χ1v) is 10.1. The Morgan fingerprint density at radius 1 is 1.00 bits per heavy atom. The summed E-state index contributed by atoms with van der Waals surface area (Å²) in [6, 6.07) is 7.10. The third-order valence-electron chi connectivity index (χ3n) is 5.44. The number of likely N-dealkylation sites (N-methyl/N-ethyl adjacent to an activating group) is 1. The van der Waals surface area contributed by atoms with E-state index in [1.807, 2.05) is 19.9 Å². The second-order valence-corrected chi connectivity index (χ2v) is 7.79. The molecule has 1 aromatic heterocycles. The summed E-state index contributed by atoms with van der Waals surface area (Å²) in [5.41, 5.74) is 3.04. The van der Waals surface area contributed by atoms with Gasteiger partial charge in [0.15, 0.2) is 6.29 Å². The first kappa shape index (κ1) is 22.5. The number of aromatic nitrogens is 1. The Labute approximate surface area is 181 Å². The van der Waals surface area contributed by atoms with Crippen molar-refractivity contribution >= 4 is 29.6 Å². The number of carbonyl (C=O) groups excluding carboxylic acids is 3. The Morgan fingerprint density at radius 3 is 2.10 bits per heavy atom. The van der Waals surface area contributed by atoms with Crippen molar-refractivity contribution in [3.8, 4) is 0 Å². The highest BCUT2D eigenvalue weighted by Gasteiger charge is 2.42. The molecule has 1 aromatic carbocycles. The molecule has 164 valence electrons. The molecule has 8 nitrogen and oxygen atoms in total.